The van der Waals surface area contributed by atoms with Crippen molar-refractivity contribution in [3.63, 3.8) is 0 Å². The predicted molar refractivity (Wildman–Crippen MR) is 68.9 cm³/mol. The van der Waals surface area contributed by atoms with Gasteiger partial charge in [-0.25, -0.2) is 8.78 Å². The van der Waals surface area contributed by atoms with Crippen LogP contribution in [0.1, 0.15) is 17.2 Å². The Kier molecular flexibility index (Phi) is 4.04. The molecular weight excluding hydrogens is 302 g/mol. The van der Waals surface area contributed by atoms with E-state index in [2.05, 4.69) is 20.9 Å². The van der Waals surface area contributed by atoms with Crippen molar-refractivity contribution in [2.24, 2.45) is 5.73 Å². The van der Waals surface area contributed by atoms with Crippen LogP contribution in [0.2, 0.25) is 0 Å². The molecule has 2 nitrogen and oxygen atoms in total. The van der Waals surface area contributed by atoms with E-state index in [9.17, 15) is 8.78 Å². The normalized spacial score (nSPS) is 12.4. The zero-order chi connectivity index (χ0) is 13.1. The van der Waals surface area contributed by atoms with Gasteiger partial charge in [-0.05, 0) is 36.2 Å². The largest absolute Gasteiger partial charge is 0.324 e. The van der Waals surface area contributed by atoms with Crippen LogP contribution < -0.4 is 5.73 Å². The lowest BCUT2D eigenvalue weighted by atomic mass is 10.0. The maximum absolute atomic E-state index is 13.5. The average molecular weight is 313 g/mol. The number of pyridine rings is 1. The highest BCUT2D eigenvalue weighted by molar-refractivity contribution is 9.10. The van der Waals surface area contributed by atoms with Gasteiger partial charge in [0.05, 0.1) is 6.20 Å². The smallest absolute Gasteiger partial charge is 0.146 e. The zero-order valence-corrected chi connectivity index (χ0v) is 11.0. The lowest BCUT2D eigenvalue weighted by Crippen LogP contribution is -2.15. The summed E-state index contributed by atoms with van der Waals surface area (Å²) in [4.78, 5) is 3.66. The Hall–Kier alpha value is -1.33. The van der Waals surface area contributed by atoms with Crippen LogP contribution in [0, 0.1) is 11.6 Å². The molecule has 5 heteroatoms. The zero-order valence-electron chi connectivity index (χ0n) is 9.41. The van der Waals surface area contributed by atoms with Crippen molar-refractivity contribution in [2.75, 3.05) is 0 Å². The molecule has 0 radical (unpaired) electrons. The van der Waals surface area contributed by atoms with Crippen molar-refractivity contribution in [3.05, 3.63) is 63.9 Å². The predicted octanol–water partition coefficient (Wildman–Crippen LogP) is 3.36. The van der Waals surface area contributed by atoms with Gasteiger partial charge in [0, 0.05) is 22.3 Å². The molecule has 1 aromatic carbocycles. The fourth-order valence-corrected chi connectivity index (χ4v) is 2.29. The van der Waals surface area contributed by atoms with E-state index >= 15 is 0 Å². The van der Waals surface area contributed by atoms with E-state index in [1.165, 1.54) is 24.4 Å². The van der Waals surface area contributed by atoms with Crippen LogP contribution in [-0.2, 0) is 6.42 Å². The number of nitrogens with two attached hydrogens (primary N) is 1. The maximum Gasteiger partial charge on any atom is 0.146 e. The lowest BCUT2D eigenvalue weighted by molar-refractivity contribution is 0.573. The molecule has 0 aliphatic carbocycles. The SMILES string of the molecule is NC(Cc1cc(F)cc(Br)c1)c1ccncc1F. The van der Waals surface area contributed by atoms with Gasteiger partial charge in [-0.1, -0.05) is 15.9 Å². The van der Waals surface area contributed by atoms with Crippen molar-refractivity contribution in [1.29, 1.82) is 0 Å². The van der Waals surface area contributed by atoms with Gasteiger partial charge in [0.25, 0.3) is 0 Å². The van der Waals surface area contributed by atoms with Crippen LogP contribution in [0.25, 0.3) is 0 Å². The first-order valence-corrected chi connectivity index (χ1v) is 6.15. The average Bonchev–Trinajstić information content (AvgIpc) is 2.27. The number of aromatic nitrogens is 1. The molecule has 0 fully saturated rings. The molecule has 1 heterocycles. The second-order valence-corrected chi connectivity index (χ2v) is 4.90. The van der Waals surface area contributed by atoms with E-state index in [4.69, 9.17) is 5.73 Å². The van der Waals surface area contributed by atoms with Crippen LogP contribution in [0.15, 0.2) is 41.1 Å². The maximum atomic E-state index is 13.5. The Morgan fingerprint density at radius 2 is 2.06 bits per heavy atom. The minimum atomic E-state index is -0.526. The molecule has 1 unspecified atom stereocenters. The molecule has 0 saturated carbocycles. The number of halogens is 3. The van der Waals surface area contributed by atoms with Gasteiger partial charge in [0.1, 0.15) is 11.6 Å². The van der Waals surface area contributed by atoms with Gasteiger partial charge in [-0.2, -0.15) is 0 Å². The molecule has 0 amide bonds. The summed E-state index contributed by atoms with van der Waals surface area (Å²) in [6.07, 6.45) is 2.97. The first-order chi connectivity index (χ1) is 8.56. The van der Waals surface area contributed by atoms with Crippen LogP contribution >= 0.6 is 15.9 Å². The van der Waals surface area contributed by atoms with E-state index in [1.807, 2.05) is 0 Å². The monoisotopic (exact) mass is 312 g/mol. The molecule has 0 bridgehead atoms. The molecule has 0 spiro atoms. The highest BCUT2D eigenvalue weighted by Crippen LogP contribution is 2.21. The second kappa shape index (κ2) is 5.54. The van der Waals surface area contributed by atoms with Gasteiger partial charge in [-0.15, -0.1) is 0 Å². The van der Waals surface area contributed by atoms with E-state index < -0.39 is 11.9 Å². The Labute approximate surface area is 112 Å². The second-order valence-electron chi connectivity index (χ2n) is 3.99. The molecule has 1 aromatic heterocycles. The summed E-state index contributed by atoms with van der Waals surface area (Å²) in [6, 6.07) is 5.53. The molecule has 94 valence electrons. The van der Waals surface area contributed by atoms with Gasteiger partial charge < -0.3 is 5.73 Å². The van der Waals surface area contributed by atoms with E-state index in [0.717, 1.165) is 6.20 Å². The number of hydrogen-bond donors (Lipinski definition) is 1. The highest BCUT2D eigenvalue weighted by Gasteiger charge is 2.12. The molecule has 2 rings (SSSR count). The lowest BCUT2D eigenvalue weighted by Gasteiger charge is -2.13. The summed E-state index contributed by atoms with van der Waals surface area (Å²) >= 11 is 3.21. The first kappa shape index (κ1) is 13.1. The number of benzene rings is 1. The number of rotatable bonds is 3. The third-order valence-corrected chi connectivity index (χ3v) is 3.04. The topological polar surface area (TPSA) is 38.9 Å². The highest BCUT2D eigenvalue weighted by atomic mass is 79.9. The van der Waals surface area contributed by atoms with Gasteiger partial charge >= 0.3 is 0 Å². The Bertz CT molecular complexity index is 540. The molecule has 0 aliphatic rings. The third-order valence-electron chi connectivity index (χ3n) is 2.58. The van der Waals surface area contributed by atoms with E-state index in [-0.39, 0.29) is 5.82 Å². The summed E-state index contributed by atoms with van der Waals surface area (Å²) in [5.74, 6) is -0.790. The minimum absolute atomic E-state index is 0.346. The van der Waals surface area contributed by atoms with Crippen molar-refractivity contribution in [3.8, 4) is 0 Å². The molecular formula is C13H11BrF2N2. The van der Waals surface area contributed by atoms with Crippen molar-refractivity contribution in [1.82, 2.24) is 4.98 Å². The van der Waals surface area contributed by atoms with E-state index in [0.29, 0.717) is 22.0 Å². The standard InChI is InChI=1S/C13H11BrF2N2/c14-9-3-8(4-10(15)6-9)5-13(17)11-1-2-18-7-12(11)16/h1-4,6-7,13H,5,17H2. The van der Waals surface area contributed by atoms with Crippen LogP contribution in [0.4, 0.5) is 8.78 Å². The molecule has 1 atom stereocenters. The van der Waals surface area contributed by atoms with E-state index in [1.54, 1.807) is 6.07 Å². The Morgan fingerprint density at radius 3 is 2.72 bits per heavy atom. The third kappa shape index (κ3) is 3.11. The Balaban J connectivity index is 2.21. The summed E-state index contributed by atoms with van der Waals surface area (Å²) in [5.41, 5.74) is 7.02. The molecule has 0 aliphatic heterocycles. The van der Waals surface area contributed by atoms with Crippen LogP contribution in [-0.4, -0.2) is 4.98 Å². The molecule has 2 aromatic rings. The van der Waals surface area contributed by atoms with Crippen LogP contribution in [0.3, 0.4) is 0 Å². The molecule has 2 N–H and O–H groups in total. The fraction of sp³-hybridized carbons (Fsp3) is 0.154. The van der Waals surface area contributed by atoms with Gasteiger partial charge in [0.2, 0.25) is 0 Å². The summed E-state index contributed by atoms with van der Waals surface area (Å²) in [6.45, 7) is 0. The first-order valence-electron chi connectivity index (χ1n) is 5.36. The van der Waals surface area contributed by atoms with Gasteiger partial charge in [-0.3, -0.25) is 4.98 Å². The summed E-state index contributed by atoms with van der Waals surface area (Å²) < 4.78 is 27.3. The van der Waals surface area contributed by atoms with Crippen LogP contribution in [0.5, 0.6) is 0 Å². The van der Waals surface area contributed by atoms with Crippen molar-refractivity contribution in [2.45, 2.75) is 12.5 Å². The quantitative estimate of drug-likeness (QED) is 0.943. The Morgan fingerprint density at radius 1 is 1.28 bits per heavy atom. The molecule has 0 saturated heterocycles. The number of nitrogens with zero attached hydrogens (tertiary/aromatic N) is 1. The van der Waals surface area contributed by atoms with Crippen molar-refractivity contribution >= 4 is 15.9 Å². The summed E-state index contributed by atoms with van der Waals surface area (Å²) in [7, 11) is 0. The summed E-state index contributed by atoms with van der Waals surface area (Å²) in [5, 5.41) is 0. The molecule has 18 heavy (non-hydrogen) atoms. The number of hydrogen-bond acceptors (Lipinski definition) is 2. The minimum Gasteiger partial charge on any atom is -0.324 e. The van der Waals surface area contributed by atoms with Gasteiger partial charge in [0.15, 0.2) is 0 Å². The fourth-order valence-electron chi connectivity index (χ4n) is 1.78. The van der Waals surface area contributed by atoms with Crippen molar-refractivity contribution < 1.29 is 8.78 Å².